The number of benzene rings is 3. The van der Waals surface area contributed by atoms with Crippen LogP contribution in [0, 0.1) is 0 Å². The molecule has 3 aromatic carbocycles. The van der Waals surface area contributed by atoms with Crippen LogP contribution in [0.5, 0.6) is 0 Å². The molecule has 5 rings (SSSR count). The summed E-state index contributed by atoms with van der Waals surface area (Å²) in [5.41, 5.74) is 5.64. The van der Waals surface area contributed by atoms with Crippen molar-refractivity contribution in [2.24, 2.45) is 0 Å². The Labute approximate surface area is 271 Å². The Morgan fingerprint density at radius 2 is 1.09 bits per heavy atom. The largest absolute Gasteiger partial charge is 0.673 e. The highest BCUT2D eigenvalue weighted by Crippen LogP contribution is 2.32. The third kappa shape index (κ3) is 10.6. The first-order valence-electron chi connectivity index (χ1n) is 13.5. The predicted molar refractivity (Wildman–Crippen MR) is 182 cm³/mol. The summed E-state index contributed by atoms with van der Waals surface area (Å²) in [7, 11) is -1.90. The van der Waals surface area contributed by atoms with Crippen LogP contribution in [0.2, 0.25) is 0 Å². The monoisotopic (exact) mass is 723 g/mol. The molecule has 0 radical (unpaired) electrons. The SMILES string of the molecule is C[N+](C)=C1C=CC(=CC=c2ccc(=C/C=C3\C=C(c4ccc(Br)cc4)C=C(c4ccc(Br)cc4)O3)cc2)C=C1.F[B-](F)(F)F. The Balaban J connectivity index is 0.000000818. The fourth-order valence-electron chi connectivity index (χ4n) is 4.14. The minimum absolute atomic E-state index is 0.790. The molecule has 0 saturated carbocycles. The first kappa shape index (κ1) is 33.0. The van der Waals surface area contributed by atoms with E-state index in [1.54, 1.807) is 0 Å². The molecule has 0 amide bonds. The molecular formula is C35H28BBr2F4NO. The molecule has 0 atom stereocenters. The van der Waals surface area contributed by atoms with Crippen molar-refractivity contribution < 1.29 is 26.6 Å². The summed E-state index contributed by atoms with van der Waals surface area (Å²) in [5, 5.41) is 2.26. The highest BCUT2D eigenvalue weighted by molar-refractivity contribution is 9.10. The van der Waals surface area contributed by atoms with Crippen molar-refractivity contribution >= 4 is 68.3 Å². The van der Waals surface area contributed by atoms with Gasteiger partial charge >= 0.3 is 7.25 Å². The molecule has 0 N–H and O–H groups in total. The number of nitrogens with zero attached hydrogens (tertiary/aromatic N) is 1. The number of halogens is 6. The fourth-order valence-corrected chi connectivity index (χ4v) is 4.67. The lowest BCUT2D eigenvalue weighted by Crippen LogP contribution is -2.09. The fraction of sp³-hybridized carbons (Fsp3) is 0.0571. The molecule has 224 valence electrons. The molecule has 2 nitrogen and oxygen atoms in total. The second kappa shape index (κ2) is 15.2. The van der Waals surface area contributed by atoms with Crippen LogP contribution in [0.25, 0.3) is 23.5 Å². The van der Waals surface area contributed by atoms with Gasteiger partial charge in [0.2, 0.25) is 0 Å². The highest BCUT2D eigenvalue weighted by Gasteiger charge is 2.20. The summed E-state index contributed by atoms with van der Waals surface area (Å²) < 4.78 is 49.5. The van der Waals surface area contributed by atoms with Crippen molar-refractivity contribution in [2.75, 3.05) is 14.1 Å². The van der Waals surface area contributed by atoms with Gasteiger partial charge in [0.15, 0.2) is 5.71 Å². The van der Waals surface area contributed by atoms with Gasteiger partial charge in [0.05, 0.1) is 0 Å². The summed E-state index contributed by atoms with van der Waals surface area (Å²) in [4.78, 5) is 0. The van der Waals surface area contributed by atoms with E-state index in [2.05, 4.69) is 166 Å². The van der Waals surface area contributed by atoms with E-state index >= 15 is 0 Å². The normalized spacial score (nSPS) is 15.0. The van der Waals surface area contributed by atoms with E-state index in [9.17, 15) is 17.3 Å². The first-order valence-corrected chi connectivity index (χ1v) is 15.1. The molecule has 1 aliphatic carbocycles. The van der Waals surface area contributed by atoms with Crippen LogP contribution in [0.1, 0.15) is 11.1 Å². The van der Waals surface area contributed by atoms with Gasteiger partial charge in [-0.1, -0.05) is 98.6 Å². The first-order chi connectivity index (χ1) is 20.9. The van der Waals surface area contributed by atoms with Crippen LogP contribution in [-0.2, 0) is 4.74 Å². The number of hydrogen-bond acceptors (Lipinski definition) is 1. The van der Waals surface area contributed by atoms with Crippen LogP contribution < -0.4 is 10.4 Å². The van der Waals surface area contributed by atoms with Crippen molar-refractivity contribution in [2.45, 2.75) is 0 Å². The van der Waals surface area contributed by atoms with Crippen molar-refractivity contribution in [1.29, 1.82) is 0 Å². The molecule has 0 aromatic heterocycles. The lowest BCUT2D eigenvalue weighted by atomic mass is 10.0. The maximum Gasteiger partial charge on any atom is 0.673 e. The summed E-state index contributed by atoms with van der Waals surface area (Å²) in [6.07, 6.45) is 21.1. The average Bonchev–Trinajstić information content (AvgIpc) is 2.99. The summed E-state index contributed by atoms with van der Waals surface area (Å²) in [6.45, 7) is 0. The molecule has 3 aromatic rings. The molecule has 0 fully saturated rings. The van der Waals surface area contributed by atoms with Crippen LogP contribution in [-0.4, -0.2) is 31.6 Å². The average molecular weight is 725 g/mol. The maximum absolute atomic E-state index is 9.75. The molecule has 0 spiro atoms. The second-order valence-electron chi connectivity index (χ2n) is 9.94. The smallest absolute Gasteiger partial charge is 0.457 e. The minimum Gasteiger partial charge on any atom is -0.457 e. The van der Waals surface area contributed by atoms with E-state index in [1.807, 2.05) is 18.2 Å². The van der Waals surface area contributed by atoms with E-state index < -0.39 is 7.25 Å². The quantitative estimate of drug-likeness (QED) is 0.149. The zero-order chi connectivity index (χ0) is 31.7. The molecule has 0 bridgehead atoms. The topological polar surface area (TPSA) is 12.2 Å². The molecule has 2 aliphatic rings. The third-order valence-electron chi connectivity index (χ3n) is 6.37. The van der Waals surface area contributed by atoms with E-state index in [-0.39, 0.29) is 0 Å². The van der Waals surface area contributed by atoms with Gasteiger partial charge in [0, 0.05) is 26.7 Å². The van der Waals surface area contributed by atoms with Gasteiger partial charge in [0.1, 0.15) is 25.6 Å². The van der Waals surface area contributed by atoms with Crippen LogP contribution >= 0.6 is 31.9 Å². The Morgan fingerprint density at radius 1 is 0.614 bits per heavy atom. The molecular weight excluding hydrogens is 697 g/mol. The molecule has 1 aliphatic heterocycles. The molecule has 0 saturated heterocycles. The number of ether oxygens (including phenoxy) is 1. The van der Waals surface area contributed by atoms with Crippen molar-refractivity contribution in [1.82, 2.24) is 0 Å². The van der Waals surface area contributed by atoms with E-state index in [4.69, 9.17) is 4.74 Å². The lowest BCUT2D eigenvalue weighted by molar-refractivity contribution is -0.462. The Morgan fingerprint density at radius 3 is 1.59 bits per heavy atom. The van der Waals surface area contributed by atoms with E-state index in [0.29, 0.717) is 0 Å². The molecule has 1 heterocycles. The Bertz CT molecular complexity index is 1800. The van der Waals surface area contributed by atoms with E-state index in [1.165, 1.54) is 11.3 Å². The summed E-state index contributed by atoms with van der Waals surface area (Å²) >= 11 is 7.06. The summed E-state index contributed by atoms with van der Waals surface area (Å²) in [6, 6.07) is 25.0. The van der Waals surface area contributed by atoms with Crippen molar-refractivity contribution in [3.63, 3.8) is 0 Å². The zero-order valence-corrected chi connectivity index (χ0v) is 27.1. The van der Waals surface area contributed by atoms with E-state index in [0.717, 1.165) is 47.6 Å². The highest BCUT2D eigenvalue weighted by atomic mass is 79.9. The maximum atomic E-state index is 9.75. The van der Waals surface area contributed by atoms with Gasteiger partial charge < -0.3 is 22.0 Å². The standard InChI is InChI=1S/C35H28Br2NO.BF4/c1-38(2)33-20-9-27(10-21-33)8-5-25-3-6-26(7-4-25)11-22-34-23-30(28-12-16-31(36)17-13-28)24-35(39-34)29-14-18-32(37)19-15-29;2-1(3,4)5/h3-24H,1-2H3;/q+1;-1/b25-5?,26-11?,34-22+;. The predicted octanol–water partition coefficient (Wildman–Crippen LogP) is 8.88. The van der Waals surface area contributed by atoms with Gasteiger partial charge in [-0.05, 0) is 81.8 Å². The Hall–Kier alpha value is -3.95. The molecule has 0 unspecified atom stereocenters. The van der Waals surface area contributed by atoms with Gasteiger partial charge in [0.25, 0.3) is 0 Å². The Kier molecular flexibility index (Phi) is 11.4. The minimum atomic E-state index is -6.00. The van der Waals surface area contributed by atoms with Gasteiger partial charge in [-0.15, -0.1) is 0 Å². The van der Waals surface area contributed by atoms with Crippen molar-refractivity contribution in [3.05, 3.63) is 163 Å². The van der Waals surface area contributed by atoms with Gasteiger partial charge in [-0.2, -0.15) is 0 Å². The number of hydrogen-bond donors (Lipinski definition) is 0. The van der Waals surface area contributed by atoms with Crippen molar-refractivity contribution in [3.8, 4) is 0 Å². The number of allylic oxidation sites excluding steroid dienone is 10. The third-order valence-corrected chi connectivity index (χ3v) is 7.43. The zero-order valence-electron chi connectivity index (χ0n) is 23.9. The molecule has 44 heavy (non-hydrogen) atoms. The van der Waals surface area contributed by atoms with Crippen LogP contribution in [0.15, 0.2) is 142 Å². The van der Waals surface area contributed by atoms with Crippen LogP contribution in [0.3, 0.4) is 0 Å². The number of rotatable bonds is 4. The van der Waals surface area contributed by atoms with Gasteiger partial charge in [-0.3, -0.25) is 0 Å². The lowest BCUT2D eigenvalue weighted by Gasteiger charge is -2.18. The van der Waals surface area contributed by atoms with Gasteiger partial charge in [-0.25, -0.2) is 4.58 Å². The summed E-state index contributed by atoms with van der Waals surface area (Å²) in [5.74, 6) is 1.61. The van der Waals surface area contributed by atoms with Crippen LogP contribution in [0.4, 0.5) is 17.3 Å². The molecule has 9 heteroatoms. The second-order valence-corrected chi connectivity index (χ2v) is 11.8.